The number of amides is 1. The van der Waals surface area contributed by atoms with Gasteiger partial charge in [-0.05, 0) is 44.0 Å². The van der Waals surface area contributed by atoms with E-state index in [0.717, 1.165) is 0 Å². The average molecular weight is 446 g/mol. The predicted octanol–water partition coefficient (Wildman–Crippen LogP) is 3.14. The highest BCUT2D eigenvalue weighted by atomic mass is 16.5. The summed E-state index contributed by atoms with van der Waals surface area (Å²) in [6.07, 6.45) is 1.72. The predicted molar refractivity (Wildman–Crippen MR) is 120 cm³/mol. The standard InChI is InChI=1S/C25H27N5O3/c1-5-32-22-10-17(6-7-21(22)33-15(2)3)23-20-12-30(16(4)31)9-8-18(20)19(11-26)24(29)25(23,13-27)14-28/h6-8,10,15,20,23H,5,9,12,29H2,1-4H3/t20-,23+/m0/s1. The minimum atomic E-state index is -1.78. The van der Waals surface area contributed by atoms with Crippen LogP contribution in [0.2, 0.25) is 0 Å². The minimum Gasteiger partial charge on any atom is -0.490 e. The van der Waals surface area contributed by atoms with Crippen molar-refractivity contribution in [2.24, 2.45) is 17.1 Å². The molecule has 3 rings (SSSR count). The van der Waals surface area contributed by atoms with Gasteiger partial charge in [0.1, 0.15) is 6.07 Å². The Morgan fingerprint density at radius 2 is 1.97 bits per heavy atom. The molecule has 1 aliphatic carbocycles. The Morgan fingerprint density at radius 3 is 2.52 bits per heavy atom. The summed E-state index contributed by atoms with van der Waals surface area (Å²) >= 11 is 0. The van der Waals surface area contributed by atoms with Gasteiger partial charge in [0.05, 0.1) is 36.1 Å². The lowest BCUT2D eigenvalue weighted by Crippen LogP contribution is -2.48. The summed E-state index contributed by atoms with van der Waals surface area (Å²) in [6, 6.07) is 11.6. The van der Waals surface area contributed by atoms with Crippen LogP contribution in [0.25, 0.3) is 0 Å². The first kappa shape index (κ1) is 23.7. The van der Waals surface area contributed by atoms with Crippen LogP contribution >= 0.6 is 0 Å². The van der Waals surface area contributed by atoms with Crippen molar-refractivity contribution in [3.63, 3.8) is 0 Å². The number of nitrogens with zero attached hydrogens (tertiary/aromatic N) is 4. The number of carbonyl (C=O) groups excluding carboxylic acids is 1. The van der Waals surface area contributed by atoms with Gasteiger partial charge < -0.3 is 20.1 Å². The van der Waals surface area contributed by atoms with Crippen LogP contribution < -0.4 is 15.2 Å². The highest BCUT2D eigenvalue weighted by molar-refractivity contribution is 5.74. The zero-order valence-electron chi connectivity index (χ0n) is 19.3. The summed E-state index contributed by atoms with van der Waals surface area (Å²) in [7, 11) is 0. The average Bonchev–Trinajstić information content (AvgIpc) is 2.79. The van der Waals surface area contributed by atoms with Crippen LogP contribution in [0.15, 0.2) is 41.1 Å². The Balaban J connectivity index is 2.27. The van der Waals surface area contributed by atoms with Gasteiger partial charge in [0, 0.05) is 31.8 Å². The quantitative estimate of drug-likeness (QED) is 0.735. The molecule has 33 heavy (non-hydrogen) atoms. The Bertz CT molecular complexity index is 1130. The van der Waals surface area contributed by atoms with Crippen molar-refractivity contribution in [3.8, 4) is 29.7 Å². The summed E-state index contributed by atoms with van der Waals surface area (Å²) < 4.78 is 11.7. The zero-order chi connectivity index (χ0) is 24.3. The molecule has 1 aromatic rings. The van der Waals surface area contributed by atoms with Crippen LogP contribution in [0.1, 0.15) is 39.2 Å². The molecule has 0 spiro atoms. The van der Waals surface area contributed by atoms with Crippen molar-refractivity contribution in [3.05, 3.63) is 46.7 Å². The van der Waals surface area contributed by atoms with Gasteiger partial charge in [0.2, 0.25) is 5.91 Å². The molecule has 0 saturated heterocycles. The maximum Gasteiger partial charge on any atom is 0.219 e. The fourth-order valence-corrected chi connectivity index (χ4v) is 4.65. The van der Waals surface area contributed by atoms with Crippen LogP contribution in [-0.2, 0) is 4.79 Å². The van der Waals surface area contributed by atoms with Gasteiger partial charge in [0.15, 0.2) is 16.9 Å². The summed E-state index contributed by atoms with van der Waals surface area (Å²) in [5.41, 5.74) is 5.97. The van der Waals surface area contributed by atoms with E-state index in [1.54, 1.807) is 29.2 Å². The van der Waals surface area contributed by atoms with Crippen molar-refractivity contribution in [1.29, 1.82) is 15.8 Å². The molecule has 2 N–H and O–H groups in total. The van der Waals surface area contributed by atoms with Crippen LogP contribution in [0.3, 0.4) is 0 Å². The fraction of sp³-hybridized carbons (Fsp3) is 0.440. The number of ether oxygens (including phenoxy) is 2. The van der Waals surface area contributed by atoms with E-state index in [2.05, 4.69) is 18.2 Å². The molecule has 0 unspecified atom stereocenters. The molecule has 0 bridgehead atoms. The molecule has 2 atom stereocenters. The van der Waals surface area contributed by atoms with Gasteiger partial charge in [-0.15, -0.1) is 0 Å². The van der Waals surface area contributed by atoms with E-state index in [-0.39, 0.29) is 29.8 Å². The van der Waals surface area contributed by atoms with E-state index in [4.69, 9.17) is 15.2 Å². The van der Waals surface area contributed by atoms with Crippen molar-refractivity contribution in [2.75, 3.05) is 19.7 Å². The van der Waals surface area contributed by atoms with Gasteiger partial charge in [-0.3, -0.25) is 4.79 Å². The van der Waals surface area contributed by atoms with E-state index >= 15 is 0 Å². The molecule has 1 amide bonds. The van der Waals surface area contributed by atoms with Gasteiger partial charge >= 0.3 is 0 Å². The second kappa shape index (κ2) is 9.27. The number of allylic oxidation sites excluding steroid dienone is 2. The summed E-state index contributed by atoms with van der Waals surface area (Å²) in [5, 5.41) is 30.3. The van der Waals surface area contributed by atoms with Crippen molar-refractivity contribution < 1.29 is 14.3 Å². The van der Waals surface area contributed by atoms with Gasteiger partial charge in [-0.1, -0.05) is 12.1 Å². The second-order valence-corrected chi connectivity index (χ2v) is 8.41. The molecular weight excluding hydrogens is 418 g/mol. The lowest BCUT2D eigenvalue weighted by Gasteiger charge is -2.45. The van der Waals surface area contributed by atoms with Crippen LogP contribution in [0, 0.1) is 45.3 Å². The molecule has 0 aromatic heterocycles. The molecule has 1 aromatic carbocycles. The van der Waals surface area contributed by atoms with Gasteiger partial charge in [-0.25, -0.2) is 0 Å². The first-order chi connectivity index (χ1) is 15.7. The minimum absolute atomic E-state index is 0.0563. The maximum absolute atomic E-state index is 12.1. The van der Waals surface area contributed by atoms with Crippen LogP contribution in [0.5, 0.6) is 11.5 Å². The number of rotatable bonds is 5. The van der Waals surface area contributed by atoms with Crippen molar-refractivity contribution in [2.45, 2.75) is 39.7 Å². The number of hydrogen-bond acceptors (Lipinski definition) is 7. The topological polar surface area (TPSA) is 136 Å². The zero-order valence-corrected chi connectivity index (χ0v) is 19.3. The number of hydrogen-bond donors (Lipinski definition) is 1. The summed E-state index contributed by atoms with van der Waals surface area (Å²) in [5.74, 6) is -0.260. The third kappa shape index (κ3) is 3.99. The summed E-state index contributed by atoms with van der Waals surface area (Å²) in [4.78, 5) is 13.8. The monoisotopic (exact) mass is 445 g/mol. The number of benzene rings is 1. The van der Waals surface area contributed by atoms with E-state index < -0.39 is 17.3 Å². The molecule has 1 heterocycles. The van der Waals surface area contributed by atoms with Crippen molar-refractivity contribution >= 4 is 5.91 Å². The third-order valence-corrected chi connectivity index (χ3v) is 6.10. The highest BCUT2D eigenvalue weighted by Gasteiger charge is 2.54. The second-order valence-electron chi connectivity index (χ2n) is 8.41. The Labute approximate surface area is 194 Å². The van der Waals surface area contributed by atoms with E-state index in [1.165, 1.54) is 6.92 Å². The SMILES string of the molecule is CCOc1cc([C@@H]2[C@H]3CN(C(C)=O)CC=C3C(C#N)=C(N)C2(C#N)C#N)ccc1OC(C)C. The largest absolute Gasteiger partial charge is 0.490 e. The Hall–Kier alpha value is -3.96. The molecule has 8 heteroatoms. The van der Waals surface area contributed by atoms with Gasteiger partial charge in [0.25, 0.3) is 0 Å². The molecule has 0 fully saturated rings. The van der Waals surface area contributed by atoms with Crippen LogP contribution in [-0.4, -0.2) is 36.6 Å². The molecule has 8 nitrogen and oxygen atoms in total. The van der Waals surface area contributed by atoms with E-state index in [9.17, 15) is 20.6 Å². The Kier molecular flexibility index (Phi) is 6.65. The molecule has 170 valence electrons. The van der Waals surface area contributed by atoms with Gasteiger partial charge in [-0.2, -0.15) is 15.8 Å². The van der Waals surface area contributed by atoms with E-state index in [0.29, 0.717) is 35.8 Å². The highest BCUT2D eigenvalue weighted by Crippen LogP contribution is 2.54. The molecule has 1 aliphatic heterocycles. The number of nitrogens with two attached hydrogens (primary N) is 1. The molecule has 2 aliphatic rings. The number of nitriles is 3. The number of fused-ring (bicyclic) bond motifs is 1. The van der Waals surface area contributed by atoms with Crippen molar-refractivity contribution in [1.82, 2.24) is 4.90 Å². The third-order valence-electron chi connectivity index (χ3n) is 6.10. The first-order valence-electron chi connectivity index (χ1n) is 10.9. The van der Waals surface area contributed by atoms with E-state index in [1.807, 2.05) is 20.8 Å². The molecule has 0 saturated carbocycles. The van der Waals surface area contributed by atoms with Crippen LogP contribution in [0.4, 0.5) is 0 Å². The normalized spacial score (nSPS) is 21.3. The first-order valence-corrected chi connectivity index (χ1v) is 10.9. The smallest absolute Gasteiger partial charge is 0.219 e. The molecular formula is C25H27N5O3. The Morgan fingerprint density at radius 1 is 1.27 bits per heavy atom. The lowest BCUT2D eigenvalue weighted by atomic mass is 9.58. The lowest BCUT2D eigenvalue weighted by molar-refractivity contribution is -0.129. The number of carbonyl (C=O) groups is 1. The summed E-state index contributed by atoms with van der Waals surface area (Å²) in [6.45, 7) is 8.15. The fourth-order valence-electron chi connectivity index (χ4n) is 4.65. The maximum atomic E-state index is 12.1. The molecule has 0 radical (unpaired) electrons.